The van der Waals surface area contributed by atoms with Crippen molar-refractivity contribution in [1.82, 2.24) is 0 Å². The highest BCUT2D eigenvalue weighted by atomic mass is 16.5. The molecule has 2 heteroatoms. The van der Waals surface area contributed by atoms with Crippen molar-refractivity contribution >= 4 is 0 Å². The minimum atomic E-state index is -0.492. The van der Waals surface area contributed by atoms with Crippen molar-refractivity contribution < 1.29 is 9.84 Å². The molecule has 2 rings (SSSR count). The number of aliphatic hydroxyl groups is 1. The van der Waals surface area contributed by atoms with Crippen LogP contribution in [0.4, 0.5) is 0 Å². The third-order valence-corrected chi connectivity index (χ3v) is 3.80. The Bertz CT molecular complexity index is 363. The third kappa shape index (κ3) is 4.63. The first-order valence-corrected chi connectivity index (χ1v) is 7.53. The van der Waals surface area contributed by atoms with Crippen molar-refractivity contribution in [2.24, 2.45) is 5.92 Å². The molecule has 1 aromatic carbocycles. The molecule has 2 nitrogen and oxygen atoms in total. The van der Waals surface area contributed by atoms with Gasteiger partial charge in [0.15, 0.2) is 0 Å². The van der Waals surface area contributed by atoms with E-state index in [0.29, 0.717) is 18.6 Å². The Hall–Kier alpha value is -0.860. The van der Waals surface area contributed by atoms with Crippen LogP contribution in [0, 0.1) is 5.92 Å². The summed E-state index contributed by atoms with van der Waals surface area (Å²) < 4.78 is 5.76. The molecule has 1 atom stereocenters. The lowest BCUT2D eigenvalue weighted by molar-refractivity contribution is -0.00699. The van der Waals surface area contributed by atoms with Crippen molar-refractivity contribution in [3.63, 3.8) is 0 Å². The minimum absolute atomic E-state index is 0.370. The Balaban J connectivity index is 1.82. The molecule has 0 heterocycles. The maximum Gasteiger partial charge on any atom is 0.102 e. The standard InChI is InChI=1S/C17H26O2/c1-13(2)11-14-7-9-15(10-8-14)17(18)12-19-16-5-3-4-6-16/h7-10,13,16-18H,3-6,11-12H2,1-2H3. The van der Waals surface area contributed by atoms with E-state index in [-0.39, 0.29) is 0 Å². The lowest BCUT2D eigenvalue weighted by Crippen LogP contribution is -2.14. The predicted octanol–water partition coefficient (Wildman–Crippen LogP) is 3.88. The molecule has 0 spiro atoms. The molecule has 1 unspecified atom stereocenters. The second kappa shape index (κ2) is 7.06. The number of hydrogen-bond acceptors (Lipinski definition) is 2. The Morgan fingerprint density at radius 1 is 1.16 bits per heavy atom. The van der Waals surface area contributed by atoms with Gasteiger partial charge in [0.05, 0.1) is 12.7 Å². The minimum Gasteiger partial charge on any atom is -0.386 e. The Morgan fingerprint density at radius 2 is 1.79 bits per heavy atom. The zero-order valence-electron chi connectivity index (χ0n) is 12.1. The second-order valence-corrected chi connectivity index (χ2v) is 6.10. The van der Waals surface area contributed by atoms with Gasteiger partial charge in [-0.3, -0.25) is 0 Å². The molecular weight excluding hydrogens is 236 g/mol. The predicted molar refractivity (Wildman–Crippen MR) is 78.2 cm³/mol. The number of aliphatic hydroxyl groups excluding tert-OH is 1. The summed E-state index contributed by atoms with van der Waals surface area (Å²) in [6.07, 6.45) is 5.81. The summed E-state index contributed by atoms with van der Waals surface area (Å²) in [5.41, 5.74) is 2.30. The summed E-state index contributed by atoms with van der Waals surface area (Å²) >= 11 is 0. The maximum absolute atomic E-state index is 10.1. The van der Waals surface area contributed by atoms with Crippen LogP contribution in [-0.4, -0.2) is 17.8 Å². The molecule has 1 aromatic rings. The highest BCUT2D eigenvalue weighted by molar-refractivity contribution is 5.24. The van der Waals surface area contributed by atoms with Gasteiger partial charge in [0.25, 0.3) is 0 Å². The van der Waals surface area contributed by atoms with Crippen LogP contribution in [0.1, 0.15) is 56.8 Å². The van der Waals surface area contributed by atoms with Crippen molar-refractivity contribution in [3.05, 3.63) is 35.4 Å². The largest absolute Gasteiger partial charge is 0.386 e. The lowest BCUT2D eigenvalue weighted by atomic mass is 10.0. The summed E-state index contributed by atoms with van der Waals surface area (Å²) in [6, 6.07) is 8.29. The number of hydrogen-bond donors (Lipinski definition) is 1. The van der Waals surface area contributed by atoms with Crippen LogP contribution in [0.5, 0.6) is 0 Å². The van der Waals surface area contributed by atoms with Gasteiger partial charge in [-0.15, -0.1) is 0 Å². The number of rotatable bonds is 6. The van der Waals surface area contributed by atoms with Gasteiger partial charge in [-0.1, -0.05) is 51.0 Å². The fourth-order valence-electron chi connectivity index (χ4n) is 2.73. The molecule has 1 aliphatic rings. The van der Waals surface area contributed by atoms with Crippen molar-refractivity contribution in [2.75, 3.05) is 6.61 Å². The molecule has 0 bridgehead atoms. The highest BCUT2D eigenvalue weighted by Gasteiger charge is 2.17. The topological polar surface area (TPSA) is 29.5 Å². The van der Waals surface area contributed by atoms with Gasteiger partial charge in [-0.2, -0.15) is 0 Å². The lowest BCUT2D eigenvalue weighted by Gasteiger charge is -2.16. The Labute approximate surface area is 116 Å². The second-order valence-electron chi connectivity index (χ2n) is 6.10. The van der Waals surface area contributed by atoms with Crippen LogP contribution in [0.2, 0.25) is 0 Å². The molecule has 0 radical (unpaired) electrons. The average molecular weight is 262 g/mol. The van der Waals surface area contributed by atoms with Crippen LogP contribution in [0.25, 0.3) is 0 Å². The summed E-state index contributed by atoms with van der Waals surface area (Å²) in [5, 5.41) is 10.1. The molecule has 0 aliphatic heterocycles. The van der Waals surface area contributed by atoms with Gasteiger partial charge >= 0.3 is 0 Å². The van der Waals surface area contributed by atoms with E-state index in [4.69, 9.17) is 4.74 Å². The molecule has 0 saturated heterocycles. The molecule has 1 saturated carbocycles. The molecule has 1 N–H and O–H groups in total. The third-order valence-electron chi connectivity index (χ3n) is 3.80. The first kappa shape index (κ1) is 14.5. The molecular formula is C17H26O2. The van der Waals surface area contributed by atoms with E-state index in [1.165, 1.54) is 18.4 Å². The fraction of sp³-hybridized carbons (Fsp3) is 0.647. The molecule has 1 fully saturated rings. The monoisotopic (exact) mass is 262 g/mol. The zero-order valence-corrected chi connectivity index (χ0v) is 12.1. The van der Waals surface area contributed by atoms with E-state index < -0.39 is 6.10 Å². The van der Waals surface area contributed by atoms with Crippen molar-refractivity contribution in [1.29, 1.82) is 0 Å². The van der Waals surface area contributed by atoms with E-state index in [2.05, 4.69) is 26.0 Å². The zero-order chi connectivity index (χ0) is 13.7. The van der Waals surface area contributed by atoms with Gasteiger partial charge in [-0.25, -0.2) is 0 Å². The van der Waals surface area contributed by atoms with Gasteiger partial charge in [0.1, 0.15) is 6.10 Å². The maximum atomic E-state index is 10.1. The molecule has 0 aromatic heterocycles. The summed E-state index contributed by atoms with van der Waals surface area (Å²) in [7, 11) is 0. The van der Waals surface area contributed by atoms with E-state index in [9.17, 15) is 5.11 Å². The van der Waals surface area contributed by atoms with Crippen LogP contribution < -0.4 is 0 Å². The normalized spacial score (nSPS) is 18.1. The summed E-state index contributed by atoms with van der Waals surface area (Å²) in [4.78, 5) is 0. The fourth-order valence-corrected chi connectivity index (χ4v) is 2.73. The molecule has 19 heavy (non-hydrogen) atoms. The van der Waals surface area contributed by atoms with Crippen molar-refractivity contribution in [3.8, 4) is 0 Å². The van der Waals surface area contributed by atoms with Crippen molar-refractivity contribution in [2.45, 2.75) is 58.2 Å². The molecule has 0 amide bonds. The molecule has 1 aliphatic carbocycles. The SMILES string of the molecule is CC(C)Cc1ccc(C(O)COC2CCCC2)cc1. The van der Waals surface area contributed by atoms with Gasteiger partial charge in [0, 0.05) is 0 Å². The van der Waals surface area contributed by atoms with E-state index >= 15 is 0 Å². The highest BCUT2D eigenvalue weighted by Crippen LogP contribution is 2.23. The average Bonchev–Trinajstić information content (AvgIpc) is 2.89. The number of ether oxygens (including phenoxy) is 1. The van der Waals surface area contributed by atoms with Crippen LogP contribution in [-0.2, 0) is 11.2 Å². The van der Waals surface area contributed by atoms with Crippen LogP contribution >= 0.6 is 0 Å². The van der Waals surface area contributed by atoms with Gasteiger partial charge < -0.3 is 9.84 Å². The van der Waals surface area contributed by atoms with Crippen LogP contribution in [0.15, 0.2) is 24.3 Å². The van der Waals surface area contributed by atoms with E-state index in [1.807, 2.05) is 12.1 Å². The first-order chi connectivity index (χ1) is 9.15. The Kier molecular flexibility index (Phi) is 5.41. The van der Waals surface area contributed by atoms with Gasteiger partial charge in [0.2, 0.25) is 0 Å². The molecule has 106 valence electrons. The number of benzene rings is 1. The summed E-state index contributed by atoms with van der Waals surface area (Å²) in [5.74, 6) is 0.668. The summed E-state index contributed by atoms with van der Waals surface area (Å²) in [6.45, 7) is 4.87. The first-order valence-electron chi connectivity index (χ1n) is 7.53. The van der Waals surface area contributed by atoms with E-state index in [0.717, 1.165) is 24.8 Å². The quantitative estimate of drug-likeness (QED) is 0.843. The Morgan fingerprint density at radius 3 is 2.37 bits per heavy atom. The van der Waals surface area contributed by atoms with Crippen LogP contribution in [0.3, 0.4) is 0 Å². The smallest absolute Gasteiger partial charge is 0.102 e. The van der Waals surface area contributed by atoms with E-state index in [1.54, 1.807) is 0 Å². The van der Waals surface area contributed by atoms with Gasteiger partial charge in [-0.05, 0) is 36.3 Å².